The highest BCUT2D eigenvalue weighted by Gasteiger charge is 2.41. The standard InChI is InChI=1S/C17H17N3O5S/c1-3-25-16(22)14-10(2)18-17-19(13(21)8-9-26-17)15(14)11-4-6-12(7-5-11)20(23)24/h4-7,15H,3,8-9H2,1-2H3. The number of amidine groups is 1. The van der Waals surface area contributed by atoms with E-state index in [1.165, 1.54) is 28.8 Å². The number of aliphatic imine (C=N–C) groups is 1. The molecule has 26 heavy (non-hydrogen) atoms. The van der Waals surface area contributed by atoms with Crippen LogP contribution in [-0.2, 0) is 14.3 Å². The van der Waals surface area contributed by atoms with E-state index in [-0.39, 0.29) is 23.8 Å². The molecule has 1 aromatic carbocycles. The molecule has 0 bridgehead atoms. The summed E-state index contributed by atoms with van der Waals surface area (Å²) < 4.78 is 5.16. The number of allylic oxidation sites excluding steroid dienone is 1. The largest absolute Gasteiger partial charge is 0.463 e. The molecule has 9 heteroatoms. The maximum atomic E-state index is 12.6. The number of hydrogen-bond donors (Lipinski definition) is 0. The molecule has 1 unspecified atom stereocenters. The van der Waals surface area contributed by atoms with Crippen LogP contribution in [0.4, 0.5) is 5.69 Å². The normalized spacial score (nSPS) is 19.8. The first-order valence-corrected chi connectivity index (χ1v) is 9.08. The number of carbonyl (C=O) groups excluding carboxylic acids is 2. The molecule has 1 amide bonds. The molecule has 0 radical (unpaired) electrons. The van der Waals surface area contributed by atoms with Gasteiger partial charge in [-0.05, 0) is 31.5 Å². The molecule has 2 aliphatic heterocycles. The first-order valence-electron chi connectivity index (χ1n) is 8.09. The number of rotatable bonds is 4. The number of esters is 1. The number of ether oxygens (including phenoxy) is 1. The van der Waals surface area contributed by atoms with Crippen LogP contribution in [0, 0.1) is 10.1 Å². The number of carbonyl (C=O) groups is 2. The van der Waals surface area contributed by atoms with Gasteiger partial charge in [-0.2, -0.15) is 0 Å². The molecule has 8 nitrogen and oxygen atoms in total. The zero-order chi connectivity index (χ0) is 18.8. The lowest BCUT2D eigenvalue weighted by Gasteiger charge is -2.38. The van der Waals surface area contributed by atoms with Gasteiger partial charge in [-0.15, -0.1) is 0 Å². The van der Waals surface area contributed by atoms with Crippen molar-refractivity contribution in [1.29, 1.82) is 0 Å². The molecule has 0 saturated carbocycles. The van der Waals surface area contributed by atoms with Crippen molar-refractivity contribution in [3.63, 3.8) is 0 Å². The Kier molecular flexibility index (Phi) is 5.08. The number of fused-ring (bicyclic) bond motifs is 1. The van der Waals surface area contributed by atoms with Crippen molar-refractivity contribution in [3.8, 4) is 0 Å². The Balaban J connectivity index is 2.12. The number of nitro benzene ring substituents is 1. The summed E-state index contributed by atoms with van der Waals surface area (Å²) in [6.45, 7) is 3.60. The lowest BCUT2D eigenvalue weighted by molar-refractivity contribution is -0.384. The predicted molar refractivity (Wildman–Crippen MR) is 96.5 cm³/mol. The number of nitrogens with zero attached hydrogens (tertiary/aromatic N) is 3. The van der Waals surface area contributed by atoms with Crippen LogP contribution < -0.4 is 0 Å². The Morgan fingerprint density at radius 1 is 1.42 bits per heavy atom. The second-order valence-electron chi connectivity index (χ2n) is 5.73. The fraction of sp³-hybridized carbons (Fsp3) is 0.353. The van der Waals surface area contributed by atoms with Crippen molar-refractivity contribution < 1.29 is 19.2 Å². The minimum Gasteiger partial charge on any atom is -0.463 e. The fourth-order valence-corrected chi connectivity index (χ4v) is 3.97. The smallest absolute Gasteiger partial charge is 0.338 e. The summed E-state index contributed by atoms with van der Waals surface area (Å²) in [5.41, 5.74) is 1.30. The summed E-state index contributed by atoms with van der Waals surface area (Å²) in [6, 6.07) is 5.14. The highest BCUT2D eigenvalue weighted by Crippen LogP contribution is 2.40. The van der Waals surface area contributed by atoms with Crippen molar-refractivity contribution >= 4 is 34.5 Å². The van der Waals surface area contributed by atoms with Crippen LogP contribution in [-0.4, -0.2) is 39.2 Å². The van der Waals surface area contributed by atoms with Crippen molar-refractivity contribution in [2.75, 3.05) is 12.4 Å². The van der Waals surface area contributed by atoms with Crippen LogP contribution in [0.1, 0.15) is 31.9 Å². The maximum absolute atomic E-state index is 12.6. The highest BCUT2D eigenvalue weighted by molar-refractivity contribution is 8.14. The average Bonchev–Trinajstić information content (AvgIpc) is 2.61. The summed E-state index contributed by atoms with van der Waals surface area (Å²) in [5, 5.41) is 11.5. The first kappa shape index (κ1) is 18.1. The molecule has 1 fully saturated rings. The third kappa shape index (κ3) is 3.22. The maximum Gasteiger partial charge on any atom is 0.338 e. The van der Waals surface area contributed by atoms with Gasteiger partial charge < -0.3 is 4.74 Å². The van der Waals surface area contributed by atoms with E-state index in [0.29, 0.717) is 28.6 Å². The summed E-state index contributed by atoms with van der Waals surface area (Å²) in [6.07, 6.45) is 0.336. The van der Waals surface area contributed by atoms with Crippen LogP contribution >= 0.6 is 11.8 Å². The van der Waals surface area contributed by atoms with Gasteiger partial charge in [0.25, 0.3) is 5.69 Å². The Morgan fingerprint density at radius 2 is 2.12 bits per heavy atom. The molecule has 0 spiro atoms. The monoisotopic (exact) mass is 375 g/mol. The summed E-state index contributed by atoms with van der Waals surface area (Å²) >= 11 is 1.45. The number of amides is 1. The molecule has 2 aliphatic rings. The molecule has 3 rings (SSSR count). The van der Waals surface area contributed by atoms with Gasteiger partial charge in [-0.1, -0.05) is 11.8 Å². The van der Waals surface area contributed by atoms with Crippen molar-refractivity contribution in [3.05, 3.63) is 51.2 Å². The summed E-state index contributed by atoms with van der Waals surface area (Å²) in [4.78, 5) is 41.4. The fourth-order valence-electron chi connectivity index (χ4n) is 2.96. The number of hydrogen-bond acceptors (Lipinski definition) is 7. The van der Waals surface area contributed by atoms with Crippen LogP contribution in [0.2, 0.25) is 0 Å². The van der Waals surface area contributed by atoms with Crippen LogP contribution in [0.15, 0.2) is 40.5 Å². The van der Waals surface area contributed by atoms with E-state index in [4.69, 9.17) is 4.74 Å². The van der Waals surface area contributed by atoms with Gasteiger partial charge in [-0.3, -0.25) is 19.8 Å². The molecule has 2 heterocycles. The highest BCUT2D eigenvalue weighted by atomic mass is 32.2. The van der Waals surface area contributed by atoms with Crippen molar-refractivity contribution in [2.45, 2.75) is 26.3 Å². The molecule has 1 atom stereocenters. The van der Waals surface area contributed by atoms with Gasteiger partial charge in [0.2, 0.25) is 5.91 Å². The van der Waals surface area contributed by atoms with Gasteiger partial charge in [0.1, 0.15) is 0 Å². The van der Waals surface area contributed by atoms with E-state index in [1.54, 1.807) is 26.0 Å². The lowest BCUT2D eigenvalue weighted by Crippen LogP contribution is -2.45. The molecular formula is C17H17N3O5S. The van der Waals surface area contributed by atoms with Gasteiger partial charge in [0, 0.05) is 24.3 Å². The number of thioether (sulfide) groups is 1. The van der Waals surface area contributed by atoms with E-state index in [0.717, 1.165) is 0 Å². The topological polar surface area (TPSA) is 102 Å². The summed E-state index contributed by atoms with van der Waals surface area (Å²) in [5.74, 6) is -0.0527. The zero-order valence-electron chi connectivity index (χ0n) is 14.3. The van der Waals surface area contributed by atoms with Crippen molar-refractivity contribution in [1.82, 2.24) is 4.90 Å². The zero-order valence-corrected chi connectivity index (χ0v) is 15.1. The van der Waals surface area contributed by atoms with E-state index < -0.39 is 16.9 Å². The number of nitro groups is 1. The minimum atomic E-state index is -0.706. The quantitative estimate of drug-likeness (QED) is 0.455. The van der Waals surface area contributed by atoms with Gasteiger partial charge in [-0.25, -0.2) is 9.79 Å². The summed E-state index contributed by atoms with van der Waals surface area (Å²) in [7, 11) is 0. The molecule has 1 saturated heterocycles. The van der Waals surface area contributed by atoms with E-state index in [9.17, 15) is 19.7 Å². The van der Waals surface area contributed by atoms with Gasteiger partial charge in [0.05, 0.1) is 28.8 Å². The van der Waals surface area contributed by atoms with Gasteiger partial charge >= 0.3 is 5.97 Å². The van der Waals surface area contributed by atoms with E-state index in [1.807, 2.05) is 0 Å². The molecule has 0 aromatic heterocycles. The van der Waals surface area contributed by atoms with E-state index in [2.05, 4.69) is 4.99 Å². The second kappa shape index (κ2) is 7.28. The number of non-ortho nitro benzene ring substituents is 1. The molecular weight excluding hydrogens is 358 g/mol. The Bertz CT molecular complexity index is 831. The Labute approximate surface area is 154 Å². The third-order valence-electron chi connectivity index (χ3n) is 4.12. The lowest BCUT2D eigenvalue weighted by atomic mass is 9.94. The number of benzene rings is 1. The van der Waals surface area contributed by atoms with Crippen LogP contribution in [0.5, 0.6) is 0 Å². The SMILES string of the molecule is CCOC(=O)C1=C(C)N=C2SCCC(=O)N2C1c1ccc([N+](=O)[O-])cc1. The second-order valence-corrected chi connectivity index (χ2v) is 6.79. The van der Waals surface area contributed by atoms with Crippen LogP contribution in [0.3, 0.4) is 0 Å². The third-order valence-corrected chi connectivity index (χ3v) is 5.08. The predicted octanol–water partition coefficient (Wildman–Crippen LogP) is 2.81. The Hall–Kier alpha value is -2.68. The minimum absolute atomic E-state index is 0.0591. The van der Waals surface area contributed by atoms with E-state index >= 15 is 0 Å². The molecule has 0 aliphatic carbocycles. The Morgan fingerprint density at radius 3 is 2.73 bits per heavy atom. The van der Waals surface area contributed by atoms with Crippen LogP contribution in [0.25, 0.3) is 0 Å². The first-order chi connectivity index (χ1) is 12.4. The molecule has 0 N–H and O–H groups in total. The average molecular weight is 375 g/mol. The molecule has 1 aromatic rings. The molecule has 136 valence electrons. The van der Waals surface area contributed by atoms with Gasteiger partial charge in [0.15, 0.2) is 5.17 Å². The van der Waals surface area contributed by atoms with Crippen molar-refractivity contribution in [2.24, 2.45) is 4.99 Å².